The van der Waals surface area contributed by atoms with Crippen molar-refractivity contribution < 1.29 is 9.66 Å². The molecule has 2 aromatic heterocycles. The number of aryl methyl sites for hydroxylation is 1. The number of piperidine rings is 1. The van der Waals surface area contributed by atoms with E-state index in [0.29, 0.717) is 11.6 Å². The zero-order valence-electron chi connectivity index (χ0n) is 24.9. The van der Waals surface area contributed by atoms with Crippen molar-refractivity contribution in [3.8, 4) is 22.6 Å². The Labute approximate surface area is 254 Å². The number of rotatable bonds is 8. The first-order valence-electron chi connectivity index (χ1n) is 14.8. The van der Waals surface area contributed by atoms with Crippen molar-refractivity contribution in [2.24, 2.45) is 13.0 Å². The molecule has 0 aliphatic carbocycles. The Hall–Kier alpha value is -4.91. The molecule has 2 saturated heterocycles. The Morgan fingerprint density at radius 2 is 1.68 bits per heavy atom. The van der Waals surface area contributed by atoms with Crippen LogP contribution in [0.3, 0.4) is 0 Å². The Morgan fingerprint density at radius 1 is 0.977 bits per heavy atom. The van der Waals surface area contributed by atoms with Gasteiger partial charge in [-0.15, -0.1) is 0 Å². The van der Waals surface area contributed by atoms with E-state index >= 15 is 0 Å². The number of hydrogen-bond donors (Lipinski definition) is 1. The summed E-state index contributed by atoms with van der Waals surface area (Å²) in [5, 5.41) is 16.0. The molecule has 13 heteroatoms. The van der Waals surface area contributed by atoms with Gasteiger partial charge in [-0.1, -0.05) is 0 Å². The lowest BCUT2D eigenvalue weighted by Crippen LogP contribution is -2.49. The third-order valence-electron chi connectivity index (χ3n) is 8.67. The third kappa shape index (κ3) is 6.09. The highest BCUT2D eigenvalue weighted by Gasteiger charge is 2.28. The molecular weight excluding hydrogens is 564 g/mol. The molecule has 0 unspecified atom stereocenters. The van der Waals surface area contributed by atoms with E-state index < -0.39 is 16.2 Å². The van der Waals surface area contributed by atoms with Gasteiger partial charge in [0.05, 0.1) is 23.9 Å². The van der Waals surface area contributed by atoms with Gasteiger partial charge in [0.1, 0.15) is 0 Å². The van der Waals surface area contributed by atoms with Crippen molar-refractivity contribution in [1.82, 2.24) is 24.2 Å². The fourth-order valence-electron chi connectivity index (χ4n) is 6.27. The van der Waals surface area contributed by atoms with Gasteiger partial charge in [-0.3, -0.25) is 34.0 Å². The standard InChI is InChI=1S/C31H36N8O5/c1-34-21-23(19-32-34)26-17-28(39(42)43)29(44-2)18-27(26)37-10-7-22(8-11-37)20-35-13-15-36(16-14-35)24-3-5-25(6-4-24)38-12-9-30(40)33-31(38)41/h3-6,9,12,17-19,21-22H,7-8,10-11,13-16,20H2,1-2H3,(H,33,40,41). The molecule has 4 heterocycles. The number of piperazine rings is 1. The maximum Gasteiger partial charge on any atom is 0.332 e. The van der Waals surface area contributed by atoms with Crippen molar-refractivity contribution in [2.45, 2.75) is 12.8 Å². The molecule has 1 N–H and O–H groups in total. The maximum atomic E-state index is 12.1. The molecule has 0 atom stereocenters. The van der Waals surface area contributed by atoms with Gasteiger partial charge in [0.25, 0.3) is 5.56 Å². The molecule has 6 rings (SSSR count). The van der Waals surface area contributed by atoms with Crippen LogP contribution in [0.2, 0.25) is 0 Å². The highest BCUT2D eigenvalue weighted by Crippen LogP contribution is 2.41. The number of H-pyrrole nitrogens is 1. The molecule has 0 spiro atoms. The lowest BCUT2D eigenvalue weighted by Gasteiger charge is -2.40. The van der Waals surface area contributed by atoms with Crippen molar-refractivity contribution in [3.63, 3.8) is 0 Å². The van der Waals surface area contributed by atoms with E-state index in [1.807, 2.05) is 37.5 Å². The highest BCUT2D eigenvalue weighted by atomic mass is 16.6. The molecule has 13 nitrogen and oxygen atoms in total. The number of nitrogens with zero attached hydrogens (tertiary/aromatic N) is 7. The fraction of sp³-hybridized carbons (Fsp3) is 0.387. The Bertz CT molecular complexity index is 1750. The molecule has 0 amide bonds. The first-order valence-corrected chi connectivity index (χ1v) is 14.8. The summed E-state index contributed by atoms with van der Waals surface area (Å²) >= 11 is 0. The smallest absolute Gasteiger partial charge is 0.332 e. The number of methoxy groups -OCH3 is 1. The first kappa shape index (κ1) is 29.2. The van der Waals surface area contributed by atoms with Crippen LogP contribution < -0.4 is 25.8 Å². The van der Waals surface area contributed by atoms with E-state index in [0.717, 1.165) is 81.2 Å². The fourth-order valence-corrected chi connectivity index (χ4v) is 6.27. The van der Waals surface area contributed by atoms with Crippen LogP contribution in [-0.2, 0) is 7.05 Å². The predicted molar refractivity (Wildman–Crippen MR) is 168 cm³/mol. The van der Waals surface area contributed by atoms with E-state index in [-0.39, 0.29) is 11.4 Å². The van der Waals surface area contributed by atoms with Gasteiger partial charge in [-0.2, -0.15) is 5.10 Å². The molecule has 44 heavy (non-hydrogen) atoms. The molecule has 230 valence electrons. The Balaban J connectivity index is 1.05. The van der Waals surface area contributed by atoms with Crippen molar-refractivity contribution >= 4 is 17.1 Å². The minimum atomic E-state index is -0.453. The molecule has 0 radical (unpaired) electrons. The zero-order valence-corrected chi connectivity index (χ0v) is 24.9. The quantitative estimate of drug-likeness (QED) is 0.239. The summed E-state index contributed by atoms with van der Waals surface area (Å²) in [6, 6.07) is 12.6. The molecule has 4 aromatic rings. The molecule has 2 aliphatic rings. The second kappa shape index (κ2) is 12.4. The van der Waals surface area contributed by atoms with Gasteiger partial charge in [0.15, 0.2) is 5.75 Å². The summed E-state index contributed by atoms with van der Waals surface area (Å²) in [6.45, 7) is 6.59. The van der Waals surface area contributed by atoms with Crippen molar-refractivity contribution in [1.29, 1.82) is 0 Å². The average Bonchev–Trinajstić information content (AvgIpc) is 3.47. The van der Waals surface area contributed by atoms with E-state index in [9.17, 15) is 19.7 Å². The van der Waals surface area contributed by atoms with Crippen LogP contribution in [0.4, 0.5) is 17.1 Å². The highest BCUT2D eigenvalue weighted by molar-refractivity contribution is 5.82. The molecular formula is C31H36N8O5. The van der Waals surface area contributed by atoms with Crippen LogP contribution >= 0.6 is 0 Å². The summed E-state index contributed by atoms with van der Waals surface area (Å²) in [6.07, 6.45) is 7.18. The van der Waals surface area contributed by atoms with Gasteiger partial charge in [0.2, 0.25) is 0 Å². The summed E-state index contributed by atoms with van der Waals surface area (Å²) < 4.78 is 8.53. The van der Waals surface area contributed by atoms with E-state index in [1.54, 1.807) is 23.0 Å². The maximum absolute atomic E-state index is 12.1. The van der Waals surface area contributed by atoms with Gasteiger partial charge >= 0.3 is 11.4 Å². The number of nitro groups is 1. The molecule has 0 bridgehead atoms. The number of benzene rings is 2. The third-order valence-corrected chi connectivity index (χ3v) is 8.67. The second-order valence-corrected chi connectivity index (χ2v) is 11.4. The number of ether oxygens (including phenoxy) is 1. The lowest BCUT2D eigenvalue weighted by molar-refractivity contribution is -0.385. The lowest BCUT2D eigenvalue weighted by atomic mass is 9.94. The largest absolute Gasteiger partial charge is 0.490 e. The zero-order chi connectivity index (χ0) is 30.8. The second-order valence-electron chi connectivity index (χ2n) is 11.4. The number of nitro benzene ring substituents is 1. The number of nitrogens with one attached hydrogen (secondary N) is 1. The topological polar surface area (TPSA) is 135 Å². The Morgan fingerprint density at radius 3 is 2.30 bits per heavy atom. The number of aromatic amines is 1. The summed E-state index contributed by atoms with van der Waals surface area (Å²) in [5.41, 5.74) is 3.47. The van der Waals surface area contributed by atoms with Crippen molar-refractivity contribution in [2.75, 3.05) is 62.7 Å². The monoisotopic (exact) mass is 600 g/mol. The molecule has 2 fully saturated rings. The SMILES string of the molecule is COc1cc(N2CCC(CN3CCN(c4ccc(-n5ccc(=O)[nH]c5=O)cc4)CC3)CC2)c(-c2cnn(C)c2)cc1[N+](=O)[O-]. The number of hydrogen-bond acceptors (Lipinski definition) is 9. The normalized spacial score (nSPS) is 16.3. The van der Waals surface area contributed by atoms with Gasteiger partial charge < -0.3 is 14.5 Å². The van der Waals surface area contributed by atoms with E-state index in [1.165, 1.54) is 23.9 Å². The average molecular weight is 601 g/mol. The summed E-state index contributed by atoms with van der Waals surface area (Å²) in [4.78, 5) is 44.3. The molecule has 2 aromatic carbocycles. The predicted octanol–water partition coefficient (Wildman–Crippen LogP) is 2.88. The number of aromatic nitrogens is 4. The van der Waals surface area contributed by atoms with Crippen LogP contribution in [0.5, 0.6) is 5.75 Å². The summed E-state index contributed by atoms with van der Waals surface area (Å²) in [5.74, 6) is 0.840. The van der Waals surface area contributed by atoms with E-state index in [4.69, 9.17) is 4.74 Å². The van der Waals surface area contributed by atoms with Gasteiger partial charge in [0, 0.05) is 106 Å². The van der Waals surface area contributed by atoms with E-state index in [2.05, 4.69) is 24.8 Å². The minimum absolute atomic E-state index is 0.0516. The van der Waals surface area contributed by atoms with Crippen LogP contribution in [0.15, 0.2) is 70.6 Å². The molecule has 2 aliphatic heterocycles. The van der Waals surface area contributed by atoms with Crippen molar-refractivity contribution in [3.05, 3.63) is 92.0 Å². The number of anilines is 2. The van der Waals surface area contributed by atoms with Gasteiger partial charge in [-0.25, -0.2) is 4.79 Å². The van der Waals surface area contributed by atoms with Crippen LogP contribution in [0, 0.1) is 16.0 Å². The Kier molecular flexibility index (Phi) is 8.20. The van der Waals surface area contributed by atoms with Crippen LogP contribution in [-0.4, -0.2) is 82.1 Å². The van der Waals surface area contributed by atoms with Crippen LogP contribution in [0.25, 0.3) is 16.8 Å². The summed E-state index contributed by atoms with van der Waals surface area (Å²) in [7, 11) is 3.30. The minimum Gasteiger partial charge on any atom is -0.490 e. The first-order chi connectivity index (χ1) is 21.3. The van der Waals surface area contributed by atoms with Gasteiger partial charge in [-0.05, 0) is 43.0 Å². The molecule has 0 saturated carbocycles. The van der Waals surface area contributed by atoms with Crippen LogP contribution in [0.1, 0.15) is 12.8 Å².